The van der Waals surface area contributed by atoms with Gasteiger partial charge >= 0.3 is 0 Å². The Morgan fingerprint density at radius 1 is 1.38 bits per heavy atom. The van der Waals surface area contributed by atoms with Gasteiger partial charge in [-0.15, -0.1) is 0 Å². The van der Waals surface area contributed by atoms with Gasteiger partial charge in [0.05, 0.1) is 0 Å². The average Bonchev–Trinajstić information content (AvgIpc) is 2.95. The molecule has 1 aromatic carbocycles. The fourth-order valence-electron chi connectivity index (χ4n) is 2.67. The summed E-state index contributed by atoms with van der Waals surface area (Å²) in [5, 5.41) is 7.77. The second kappa shape index (κ2) is 6.93. The highest BCUT2D eigenvalue weighted by Crippen LogP contribution is 2.30. The fraction of sp³-hybridized carbons (Fsp3) is 0.500. The number of rotatable bonds is 5. The maximum Gasteiger partial charge on any atom is 0.249 e. The maximum atomic E-state index is 12.3. The van der Waals surface area contributed by atoms with Crippen molar-refractivity contribution in [3.8, 4) is 11.4 Å². The maximum absolute atomic E-state index is 12.3. The van der Waals surface area contributed by atoms with Crippen LogP contribution in [0.15, 0.2) is 22.7 Å². The number of carbonyl (C=O) groups is 1. The second-order valence-electron chi connectivity index (χ2n) is 6.78. The molecule has 0 spiro atoms. The van der Waals surface area contributed by atoms with E-state index in [9.17, 15) is 4.79 Å². The summed E-state index contributed by atoms with van der Waals surface area (Å²) >= 11 is 6.17. The van der Waals surface area contributed by atoms with Gasteiger partial charge < -0.3 is 9.84 Å². The fourth-order valence-corrected chi connectivity index (χ4v) is 2.85. The van der Waals surface area contributed by atoms with E-state index >= 15 is 0 Å². The number of aromatic nitrogens is 2. The summed E-state index contributed by atoms with van der Waals surface area (Å²) in [6, 6.07) is 5.38. The Morgan fingerprint density at radius 3 is 2.71 bits per heavy atom. The molecule has 5 nitrogen and oxygen atoms in total. The zero-order valence-corrected chi connectivity index (χ0v) is 14.9. The van der Waals surface area contributed by atoms with Crippen molar-refractivity contribution in [2.45, 2.75) is 46.1 Å². The van der Waals surface area contributed by atoms with Gasteiger partial charge in [0.25, 0.3) is 0 Å². The molecule has 0 unspecified atom stereocenters. The molecule has 1 heterocycles. The van der Waals surface area contributed by atoms with Crippen LogP contribution in [-0.2, 0) is 4.79 Å². The third kappa shape index (κ3) is 3.46. The molecular weight excluding hydrogens is 326 g/mol. The Bertz CT molecular complexity index is 738. The van der Waals surface area contributed by atoms with Crippen LogP contribution in [0.3, 0.4) is 0 Å². The molecule has 1 aliphatic rings. The number of carbonyl (C=O) groups excluding carboxylic acids is 1. The summed E-state index contributed by atoms with van der Waals surface area (Å²) in [6.45, 7) is 6.00. The third-order valence-corrected chi connectivity index (χ3v) is 4.99. The molecular formula is C18H22ClN3O2. The van der Waals surface area contributed by atoms with Crippen molar-refractivity contribution in [2.75, 3.05) is 0 Å². The van der Waals surface area contributed by atoms with Gasteiger partial charge in [-0.2, -0.15) is 4.98 Å². The summed E-state index contributed by atoms with van der Waals surface area (Å²) < 4.78 is 5.43. The van der Waals surface area contributed by atoms with E-state index in [4.69, 9.17) is 16.1 Å². The number of hydrogen-bond donors (Lipinski definition) is 1. The van der Waals surface area contributed by atoms with Gasteiger partial charge in [0, 0.05) is 16.5 Å². The van der Waals surface area contributed by atoms with Crippen LogP contribution in [0.25, 0.3) is 11.4 Å². The van der Waals surface area contributed by atoms with Crippen LogP contribution < -0.4 is 5.32 Å². The highest BCUT2D eigenvalue weighted by Gasteiger charge is 2.30. The Morgan fingerprint density at radius 2 is 2.12 bits per heavy atom. The van der Waals surface area contributed by atoms with Crippen molar-refractivity contribution in [3.05, 3.63) is 34.7 Å². The molecule has 1 atom stereocenters. The monoisotopic (exact) mass is 347 g/mol. The van der Waals surface area contributed by atoms with E-state index in [1.807, 2.05) is 39.0 Å². The molecule has 1 fully saturated rings. The third-order valence-electron chi connectivity index (χ3n) is 4.58. The Labute approximate surface area is 146 Å². The summed E-state index contributed by atoms with van der Waals surface area (Å²) in [6.07, 6.45) is 3.06. The van der Waals surface area contributed by atoms with E-state index in [-0.39, 0.29) is 23.8 Å². The van der Waals surface area contributed by atoms with E-state index in [2.05, 4.69) is 15.5 Å². The van der Waals surface area contributed by atoms with Crippen LogP contribution in [0.5, 0.6) is 0 Å². The van der Waals surface area contributed by atoms with Crippen molar-refractivity contribution in [2.24, 2.45) is 11.8 Å². The highest BCUT2D eigenvalue weighted by atomic mass is 35.5. The first-order chi connectivity index (χ1) is 11.5. The topological polar surface area (TPSA) is 68.0 Å². The largest absolute Gasteiger partial charge is 0.344 e. The Balaban J connectivity index is 1.80. The van der Waals surface area contributed by atoms with E-state index in [1.165, 1.54) is 0 Å². The van der Waals surface area contributed by atoms with Crippen molar-refractivity contribution < 1.29 is 9.32 Å². The lowest BCUT2D eigenvalue weighted by Crippen LogP contribution is -2.38. The SMILES string of the molecule is Cc1ccc(-c2noc([C@@H](NC(=O)C3CCC3)C(C)C)n2)cc1Cl. The number of hydrogen-bond acceptors (Lipinski definition) is 4. The molecule has 1 amide bonds. The van der Waals surface area contributed by atoms with Crippen LogP contribution >= 0.6 is 11.6 Å². The molecule has 2 aromatic rings. The van der Waals surface area contributed by atoms with Crippen molar-refractivity contribution in [1.29, 1.82) is 0 Å². The molecule has 1 aromatic heterocycles. The minimum atomic E-state index is -0.278. The molecule has 0 bridgehead atoms. The number of nitrogens with zero attached hydrogens (tertiary/aromatic N) is 2. The van der Waals surface area contributed by atoms with Gasteiger partial charge in [-0.3, -0.25) is 4.79 Å². The molecule has 0 saturated heterocycles. The summed E-state index contributed by atoms with van der Waals surface area (Å²) in [5.74, 6) is 1.28. The summed E-state index contributed by atoms with van der Waals surface area (Å²) in [5.41, 5.74) is 1.80. The summed E-state index contributed by atoms with van der Waals surface area (Å²) in [7, 11) is 0. The lowest BCUT2D eigenvalue weighted by atomic mass is 9.84. The van der Waals surface area contributed by atoms with Gasteiger partial charge in [-0.25, -0.2) is 0 Å². The minimum absolute atomic E-state index is 0.0816. The predicted octanol–water partition coefficient (Wildman–Crippen LogP) is 4.31. The number of halogens is 1. The van der Waals surface area contributed by atoms with Gasteiger partial charge in [0.15, 0.2) is 0 Å². The molecule has 1 aliphatic carbocycles. The van der Waals surface area contributed by atoms with Crippen molar-refractivity contribution >= 4 is 17.5 Å². The van der Waals surface area contributed by atoms with Gasteiger partial charge in [0.1, 0.15) is 6.04 Å². The van der Waals surface area contributed by atoms with E-state index in [1.54, 1.807) is 0 Å². The molecule has 6 heteroatoms. The molecule has 128 valence electrons. The first kappa shape index (κ1) is 17.0. The van der Waals surface area contributed by atoms with Gasteiger partial charge in [-0.1, -0.05) is 49.2 Å². The molecule has 0 radical (unpaired) electrons. The van der Waals surface area contributed by atoms with Crippen LogP contribution in [0.1, 0.15) is 50.6 Å². The van der Waals surface area contributed by atoms with Crippen LogP contribution in [0.2, 0.25) is 5.02 Å². The second-order valence-corrected chi connectivity index (χ2v) is 7.19. The van der Waals surface area contributed by atoms with Crippen LogP contribution in [-0.4, -0.2) is 16.0 Å². The number of amides is 1. The Hall–Kier alpha value is -1.88. The molecule has 1 N–H and O–H groups in total. The quantitative estimate of drug-likeness (QED) is 0.874. The molecule has 0 aliphatic heterocycles. The first-order valence-electron chi connectivity index (χ1n) is 8.36. The normalized spacial score (nSPS) is 16.0. The van der Waals surface area contributed by atoms with Crippen LogP contribution in [0.4, 0.5) is 0 Å². The lowest BCUT2D eigenvalue weighted by molar-refractivity contribution is -0.128. The number of nitrogens with one attached hydrogen (secondary N) is 1. The van der Waals surface area contributed by atoms with E-state index in [0.29, 0.717) is 16.7 Å². The smallest absolute Gasteiger partial charge is 0.249 e. The van der Waals surface area contributed by atoms with Crippen molar-refractivity contribution in [1.82, 2.24) is 15.5 Å². The lowest BCUT2D eigenvalue weighted by Gasteiger charge is -2.27. The zero-order valence-electron chi connectivity index (χ0n) is 14.2. The van der Waals surface area contributed by atoms with E-state index in [0.717, 1.165) is 30.4 Å². The average molecular weight is 348 g/mol. The number of aryl methyl sites for hydroxylation is 1. The molecule has 24 heavy (non-hydrogen) atoms. The summed E-state index contributed by atoms with van der Waals surface area (Å²) in [4.78, 5) is 16.7. The highest BCUT2D eigenvalue weighted by molar-refractivity contribution is 6.31. The van der Waals surface area contributed by atoms with Gasteiger partial charge in [-0.05, 0) is 37.3 Å². The number of benzene rings is 1. The van der Waals surface area contributed by atoms with E-state index < -0.39 is 0 Å². The van der Waals surface area contributed by atoms with Crippen LogP contribution in [0, 0.1) is 18.8 Å². The molecule has 1 saturated carbocycles. The molecule has 3 rings (SSSR count). The van der Waals surface area contributed by atoms with Crippen molar-refractivity contribution in [3.63, 3.8) is 0 Å². The predicted molar refractivity (Wildman–Crippen MR) is 92.5 cm³/mol. The first-order valence-corrected chi connectivity index (χ1v) is 8.74. The van der Waals surface area contributed by atoms with Gasteiger partial charge in [0.2, 0.25) is 17.6 Å². The zero-order chi connectivity index (χ0) is 17.3. The minimum Gasteiger partial charge on any atom is -0.344 e. The standard InChI is InChI=1S/C18H22ClN3O2/c1-10(2)15(20-17(23)12-5-4-6-12)18-21-16(22-24-18)13-8-7-11(3)14(19)9-13/h7-10,12,15H,4-6H2,1-3H3,(H,20,23)/t15-/m0/s1. The Kier molecular flexibility index (Phi) is 4.90.